The molecule has 0 aliphatic carbocycles. The van der Waals surface area contributed by atoms with Crippen molar-refractivity contribution in [2.24, 2.45) is 0 Å². The minimum atomic E-state index is -0.546. The summed E-state index contributed by atoms with van der Waals surface area (Å²) in [7, 11) is 1.55. The third-order valence-corrected chi connectivity index (χ3v) is 3.82. The van der Waals surface area contributed by atoms with E-state index in [4.69, 9.17) is 4.74 Å². The Hall–Kier alpha value is -2.14. The number of carbonyl (C=O) groups is 2. The normalized spacial score (nSPS) is 18.2. The fraction of sp³-hybridized carbons (Fsp3) is 0.412. The molecule has 22 heavy (non-hydrogen) atoms. The van der Waals surface area contributed by atoms with Gasteiger partial charge in [0.25, 0.3) is 5.91 Å². The number of Topliss-reactive ketones (excluding diaryl/α,β-unsaturated/α-hetero) is 1. The quantitative estimate of drug-likeness (QED) is 0.876. The molecule has 1 aliphatic heterocycles. The first-order chi connectivity index (χ1) is 10.5. The van der Waals surface area contributed by atoms with Crippen LogP contribution in [-0.4, -0.2) is 42.0 Å². The molecule has 1 aliphatic rings. The number of hydrogen-bond acceptors (Lipinski definition) is 4. The molecule has 5 nitrogen and oxygen atoms in total. The lowest BCUT2D eigenvalue weighted by atomic mass is 9.94. The molecule has 1 N–H and O–H groups in total. The second-order valence-corrected chi connectivity index (χ2v) is 5.35. The second-order valence-electron chi connectivity index (χ2n) is 5.35. The number of aliphatic hydroxyl groups is 1. The van der Waals surface area contributed by atoms with Crippen LogP contribution in [0, 0.1) is 6.92 Å². The van der Waals surface area contributed by atoms with E-state index in [1.807, 2.05) is 31.2 Å². The standard InChI is InChI=1S/C17H21NO4/c1-4-13(19)14-15(12-7-5-6-11(2)10-12)18(8-9-22-3)17(21)16(14)20/h5-7,10,15,20H,4,8-9H2,1-3H3. The van der Waals surface area contributed by atoms with E-state index in [2.05, 4.69) is 0 Å². The van der Waals surface area contributed by atoms with E-state index in [-0.39, 0.29) is 17.8 Å². The van der Waals surface area contributed by atoms with Crippen LogP contribution < -0.4 is 0 Å². The van der Waals surface area contributed by atoms with Crippen molar-refractivity contribution in [3.05, 3.63) is 46.7 Å². The predicted octanol–water partition coefficient (Wildman–Crippen LogP) is 2.32. The molecule has 1 unspecified atom stereocenters. The van der Waals surface area contributed by atoms with E-state index in [0.29, 0.717) is 13.2 Å². The van der Waals surface area contributed by atoms with Gasteiger partial charge >= 0.3 is 0 Å². The van der Waals surface area contributed by atoms with E-state index in [1.54, 1.807) is 14.0 Å². The van der Waals surface area contributed by atoms with Crippen molar-refractivity contribution in [3.8, 4) is 0 Å². The molecule has 1 aromatic carbocycles. The molecule has 118 valence electrons. The van der Waals surface area contributed by atoms with Crippen LogP contribution in [0.2, 0.25) is 0 Å². The highest BCUT2D eigenvalue weighted by molar-refractivity contribution is 6.08. The molecule has 5 heteroatoms. The summed E-state index contributed by atoms with van der Waals surface area (Å²) < 4.78 is 5.04. The van der Waals surface area contributed by atoms with Crippen LogP contribution in [0.1, 0.15) is 30.5 Å². The minimum absolute atomic E-state index is 0.189. The van der Waals surface area contributed by atoms with E-state index in [9.17, 15) is 14.7 Å². The zero-order valence-corrected chi connectivity index (χ0v) is 13.1. The number of aryl methyl sites for hydroxylation is 1. The number of benzene rings is 1. The van der Waals surface area contributed by atoms with Crippen molar-refractivity contribution in [3.63, 3.8) is 0 Å². The lowest BCUT2D eigenvalue weighted by molar-refractivity contribution is -0.130. The van der Waals surface area contributed by atoms with Crippen molar-refractivity contribution in [2.45, 2.75) is 26.3 Å². The third-order valence-electron chi connectivity index (χ3n) is 3.82. The van der Waals surface area contributed by atoms with Gasteiger partial charge in [-0.1, -0.05) is 36.8 Å². The van der Waals surface area contributed by atoms with E-state index >= 15 is 0 Å². The smallest absolute Gasteiger partial charge is 0.290 e. The molecular formula is C17H21NO4. The van der Waals surface area contributed by atoms with Crippen LogP contribution in [0.5, 0.6) is 0 Å². The monoisotopic (exact) mass is 303 g/mol. The van der Waals surface area contributed by atoms with Gasteiger partial charge in [0.1, 0.15) is 0 Å². The SMILES string of the molecule is CCC(=O)C1=C(O)C(=O)N(CCOC)C1c1cccc(C)c1. The first kappa shape index (κ1) is 16.2. The van der Waals surface area contributed by atoms with Gasteiger partial charge in [-0.05, 0) is 12.5 Å². The summed E-state index contributed by atoms with van der Waals surface area (Å²) in [6, 6.07) is 7.08. The molecule has 1 atom stereocenters. The molecule has 1 amide bonds. The number of ketones is 1. The van der Waals surface area contributed by atoms with Crippen molar-refractivity contribution in [1.82, 2.24) is 4.90 Å². The lowest BCUT2D eigenvalue weighted by Crippen LogP contribution is -2.34. The van der Waals surface area contributed by atoms with Gasteiger partial charge in [0, 0.05) is 20.1 Å². The number of rotatable bonds is 6. The Bertz CT molecular complexity index is 621. The third kappa shape index (κ3) is 2.90. The number of carbonyl (C=O) groups excluding carboxylic acids is 2. The zero-order valence-electron chi connectivity index (χ0n) is 13.1. The molecule has 0 fully saturated rings. The Morgan fingerprint density at radius 2 is 2.14 bits per heavy atom. The van der Waals surface area contributed by atoms with Gasteiger partial charge in [-0.15, -0.1) is 0 Å². The maximum atomic E-state index is 12.3. The van der Waals surface area contributed by atoms with Crippen LogP contribution in [0.4, 0.5) is 0 Å². The second kappa shape index (κ2) is 6.75. The fourth-order valence-electron chi connectivity index (χ4n) is 2.74. The first-order valence-electron chi connectivity index (χ1n) is 7.34. The van der Waals surface area contributed by atoms with Crippen molar-refractivity contribution in [1.29, 1.82) is 0 Å². The zero-order chi connectivity index (χ0) is 16.3. The molecule has 0 aromatic heterocycles. The van der Waals surface area contributed by atoms with E-state index in [0.717, 1.165) is 11.1 Å². The molecule has 0 radical (unpaired) electrons. The van der Waals surface area contributed by atoms with Gasteiger partial charge in [-0.2, -0.15) is 0 Å². The van der Waals surface area contributed by atoms with E-state index < -0.39 is 17.7 Å². The first-order valence-corrected chi connectivity index (χ1v) is 7.34. The Labute approximate surface area is 130 Å². The number of amides is 1. The minimum Gasteiger partial charge on any atom is -0.503 e. The van der Waals surface area contributed by atoms with Crippen LogP contribution >= 0.6 is 0 Å². The Morgan fingerprint density at radius 3 is 2.73 bits per heavy atom. The number of methoxy groups -OCH3 is 1. The molecule has 0 saturated carbocycles. The van der Waals surface area contributed by atoms with Gasteiger partial charge in [0.05, 0.1) is 18.2 Å². The van der Waals surface area contributed by atoms with Crippen LogP contribution in [0.15, 0.2) is 35.6 Å². The topological polar surface area (TPSA) is 66.8 Å². The summed E-state index contributed by atoms with van der Waals surface area (Å²) in [4.78, 5) is 26.0. The van der Waals surface area contributed by atoms with Crippen LogP contribution in [0.25, 0.3) is 0 Å². The van der Waals surface area contributed by atoms with Crippen LogP contribution in [0.3, 0.4) is 0 Å². The number of aliphatic hydroxyl groups excluding tert-OH is 1. The maximum absolute atomic E-state index is 12.3. The summed E-state index contributed by atoms with van der Waals surface area (Å²) in [5, 5.41) is 10.2. The van der Waals surface area contributed by atoms with Gasteiger partial charge in [-0.3, -0.25) is 9.59 Å². The van der Waals surface area contributed by atoms with Gasteiger partial charge in [0.2, 0.25) is 0 Å². The summed E-state index contributed by atoms with van der Waals surface area (Å²) in [5.74, 6) is -1.16. The highest BCUT2D eigenvalue weighted by Crippen LogP contribution is 2.38. The largest absolute Gasteiger partial charge is 0.503 e. The summed E-state index contributed by atoms with van der Waals surface area (Å²) in [5.41, 5.74) is 2.05. The average molecular weight is 303 g/mol. The van der Waals surface area contributed by atoms with E-state index in [1.165, 1.54) is 4.90 Å². The maximum Gasteiger partial charge on any atom is 0.290 e. The fourth-order valence-corrected chi connectivity index (χ4v) is 2.74. The molecule has 0 bridgehead atoms. The van der Waals surface area contributed by atoms with Crippen molar-refractivity contribution in [2.75, 3.05) is 20.3 Å². The van der Waals surface area contributed by atoms with Crippen molar-refractivity contribution >= 4 is 11.7 Å². The Morgan fingerprint density at radius 1 is 1.41 bits per heavy atom. The molecule has 1 aromatic rings. The molecular weight excluding hydrogens is 282 g/mol. The van der Waals surface area contributed by atoms with Gasteiger partial charge < -0.3 is 14.7 Å². The summed E-state index contributed by atoms with van der Waals surface area (Å²) >= 11 is 0. The number of hydrogen-bond donors (Lipinski definition) is 1. The average Bonchev–Trinajstić information content (AvgIpc) is 2.76. The molecule has 2 rings (SSSR count). The molecule has 0 saturated heterocycles. The summed E-state index contributed by atoms with van der Waals surface area (Å²) in [6.07, 6.45) is 0.243. The highest BCUT2D eigenvalue weighted by Gasteiger charge is 2.42. The van der Waals surface area contributed by atoms with Gasteiger partial charge in [-0.25, -0.2) is 0 Å². The van der Waals surface area contributed by atoms with Crippen molar-refractivity contribution < 1.29 is 19.4 Å². The summed E-state index contributed by atoms with van der Waals surface area (Å²) in [6.45, 7) is 4.33. The molecule has 1 heterocycles. The highest BCUT2D eigenvalue weighted by atomic mass is 16.5. The van der Waals surface area contributed by atoms with Crippen LogP contribution in [-0.2, 0) is 14.3 Å². The molecule has 0 spiro atoms. The number of nitrogens with zero attached hydrogens (tertiary/aromatic N) is 1. The predicted molar refractivity (Wildman–Crippen MR) is 82.5 cm³/mol. The van der Waals surface area contributed by atoms with Gasteiger partial charge in [0.15, 0.2) is 11.5 Å². The Kier molecular flexibility index (Phi) is 4.98. The number of ether oxygens (including phenoxy) is 1. The Balaban J connectivity index is 2.50. The lowest BCUT2D eigenvalue weighted by Gasteiger charge is -2.26.